The van der Waals surface area contributed by atoms with E-state index in [9.17, 15) is 12.9 Å². The van der Waals surface area contributed by atoms with E-state index in [0.717, 1.165) is 6.07 Å². The maximum Gasteiger partial charge on any atom is 1.00 e. The van der Waals surface area contributed by atoms with Crippen LogP contribution in [-0.4, -0.2) is 13.6 Å². The number of hydrogen-bond donors (Lipinski definition) is 0. The van der Waals surface area contributed by atoms with Gasteiger partial charge in [-0.2, -0.15) is 0 Å². The molecule has 0 unspecified atom stereocenters. The summed E-state index contributed by atoms with van der Waals surface area (Å²) in [5.74, 6) is 0.587. The van der Waals surface area contributed by atoms with Gasteiger partial charge in [0.05, 0.1) is 6.61 Å². The predicted molar refractivity (Wildman–Crippen MR) is 44.4 cm³/mol. The molecule has 6 heteroatoms. The van der Waals surface area contributed by atoms with Gasteiger partial charge in [0.1, 0.15) is 5.75 Å². The maximum atomic E-state index is 12.3. The third-order valence-electron chi connectivity index (χ3n) is 2.09. The van der Waals surface area contributed by atoms with Crippen LogP contribution in [0, 0.1) is 0 Å². The molecule has 1 aromatic rings. The molecule has 1 nitrogen and oxygen atoms in total. The summed E-state index contributed by atoms with van der Waals surface area (Å²) in [5.41, 5.74) is 0.126. The first kappa shape index (κ1) is 12.6. The Kier molecular flexibility index (Phi) is 4.11. The van der Waals surface area contributed by atoms with Gasteiger partial charge < -0.3 is 17.7 Å². The van der Waals surface area contributed by atoms with Gasteiger partial charge in [0.15, 0.2) is 0 Å². The first-order valence-electron chi connectivity index (χ1n) is 4.03. The van der Waals surface area contributed by atoms with E-state index in [4.69, 9.17) is 4.74 Å². The topological polar surface area (TPSA) is 9.23 Å². The normalized spacial score (nSPS) is 14.2. The molecular weight excluding hydrogens is 219 g/mol. The third kappa shape index (κ3) is 2.55. The fraction of sp³-hybridized carbons (Fsp3) is 0.250. The summed E-state index contributed by atoms with van der Waals surface area (Å²) in [6, 6.07) is 3.65. The van der Waals surface area contributed by atoms with Crippen LogP contribution in [0.15, 0.2) is 18.2 Å². The molecule has 0 bridgehead atoms. The minimum absolute atomic E-state index is 0. The molecule has 0 radical (unpaired) electrons. The van der Waals surface area contributed by atoms with E-state index in [2.05, 4.69) is 0 Å². The molecule has 0 saturated carbocycles. The van der Waals surface area contributed by atoms with E-state index in [-0.39, 0.29) is 51.4 Å². The Balaban J connectivity index is 0.000000980. The van der Waals surface area contributed by atoms with Crippen molar-refractivity contribution in [3.63, 3.8) is 0 Å². The Morgan fingerprint density at radius 3 is 2.57 bits per heavy atom. The van der Waals surface area contributed by atoms with Crippen molar-refractivity contribution in [2.24, 2.45) is 0 Å². The molecule has 1 heterocycles. The van der Waals surface area contributed by atoms with E-state index < -0.39 is 12.4 Å². The molecule has 0 saturated heterocycles. The SMILES string of the molecule is F[B-](F)(F)c1ccc2c(c1)CCO2.[K+]. The van der Waals surface area contributed by atoms with Crippen molar-refractivity contribution in [3.8, 4) is 5.75 Å². The Morgan fingerprint density at radius 2 is 1.93 bits per heavy atom. The molecular formula is C8H7BF3KO. The fourth-order valence-electron chi connectivity index (χ4n) is 1.41. The zero-order valence-corrected chi connectivity index (χ0v) is 10.9. The second kappa shape index (κ2) is 4.57. The number of fused-ring (bicyclic) bond motifs is 1. The van der Waals surface area contributed by atoms with Crippen LogP contribution >= 0.6 is 0 Å². The van der Waals surface area contributed by atoms with Crippen LogP contribution in [0.25, 0.3) is 0 Å². The van der Waals surface area contributed by atoms with Crippen LogP contribution in [0.1, 0.15) is 5.56 Å². The van der Waals surface area contributed by atoms with Crippen molar-refractivity contribution in [1.82, 2.24) is 0 Å². The second-order valence-corrected chi connectivity index (χ2v) is 3.04. The van der Waals surface area contributed by atoms with E-state index in [1.165, 1.54) is 12.1 Å². The zero-order valence-electron chi connectivity index (χ0n) is 7.77. The van der Waals surface area contributed by atoms with Crippen molar-refractivity contribution in [1.29, 1.82) is 0 Å². The van der Waals surface area contributed by atoms with Crippen LogP contribution in [0.2, 0.25) is 0 Å². The van der Waals surface area contributed by atoms with Crippen molar-refractivity contribution < 1.29 is 69.1 Å². The first-order valence-corrected chi connectivity index (χ1v) is 4.03. The van der Waals surface area contributed by atoms with Crippen molar-refractivity contribution in [3.05, 3.63) is 23.8 Å². The average molecular weight is 226 g/mol. The van der Waals surface area contributed by atoms with E-state index >= 15 is 0 Å². The number of benzene rings is 1. The van der Waals surface area contributed by atoms with Gasteiger partial charge in [0.25, 0.3) is 0 Å². The van der Waals surface area contributed by atoms with Crippen LogP contribution in [-0.2, 0) is 6.42 Å². The molecule has 1 aromatic carbocycles. The fourth-order valence-corrected chi connectivity index (χ4v) is 1.41. The molecule has 0 N–H and O–H groups in total. The minimum atomic E-state index is -4.87. The van der Waals surface area contributed by atoms with Crippen LogP contribution in [0.3, 0.4) is 0 Å². The van der Waals surface area contributed by atoms with Gasteiger partial charge in [-0.3, -0.25) is 0 Å². The molecule has 70 valence electrons. The number of halogens is 3. The van der Waals surface area contributed by atoms with Crippen molar-refractivity contribution >= 4 is 12.4 Å². The van der Waals surface area contributed by atoms with Gasteiger partial charge in [0.2, 0.25) is 0 Å². The summed E-state index contributed by atoms with van der Waals surface area (Å²) in [6.07, 6.45) is 0.579. The summed E-state index contributed by atoms with van der Waals surface area (Å²) in [5, 5.41) is 0. The van der Waals surface area contributed by atoms with E-state index in [0.29, 0.717) is 24.3 Å². The van der Waals surface area contributed by atoms with Crippen LogP contribution in [0.4, 0.5) is 12.9 Å². The van der Waals surface area contributed by atoms with Crippen molar-refractivity contribution in [2.45, 2.75) is 6.42 Å². The number of ether oxygens (including phenoxy) is 1. The van der Waals surface area contributed by atoms with Gasteiger partial charge in [-0.15, -0.1) is 5.46 Å². The van der Waals surface area contributed by atoms with E-state index in [1.807, 2.05) is 0 Å². The molecule has 0 spiro atoms. The number of rotatable bonds is 1. The molecule has 1 aliphatic heterocycles. The summed E-state index contributed by atoms with van der Waals surface area (Å²) in [4.78, 5) is 0. The molecule has 0 amide bonds. The van der Waals surface area contributed by atoms with Gasteiger partial charge in [-0.25, -0.2) is 0 Å². The first-order chi connectivity index (χ1) is 6.07. The van der Waals surface area contributed by atoms with E-state index in [1.54, 1.807) is 0 Å². The molecule has 0 aromatic heterocycles. The van der Waals surface area contributed by atoms with Gasteiger partial charge in [0, 0.05) is 6.42 Å². The predicted octanol–water partition coefficient (Wildman–Crippen LogP) is -1.32. The quantitative estimate of drug-likeness (QED) is 0.540. The molecule has 0 atom stereocenters. The standard InChI is InChI=1S/C8H7BF3O.K/c10-9(11,12)7-1-2-8-6(5-7)3-4-13-8;/h1-2,5H,3-4H2;/q-1;+1. The van der Waals surface area contributed by atoms with Crippen LogP contribution in [0.5, 0.6) is 5.75 Å². The van der Waals surface area contributed by atoms with Gasteiger partial charge in [-0.1, -0.05) is 12.1 Å². The molecule has 0 fully saturated rings. The molecule has 0 aliphatic carbocycles. The summed E-state index contributed by atoms with van der Waals surface area (Å²) in [7, 11) is 0. The number of hydrogen-bond acceptors (Lipinski definition) is 1. The summed E-state index contributed by atoms with van der Waals surface area (Å²) >= 11 is 0. The Labute approximate surface area is 122 Å². The Bertz CT molecular complexity index is 340. The Morgan fingerprint density at radius 1 is 1.21 bits per heavy atom. The average Bonchev–Trinajstić information content (AvgIpc) is 2.47. The largest absolute Gasteiger partial charge is 1.00 e. The maximum absolute atomic E-state index is 12.3. The Hall–Kier alpha value is 0.511. The smallest absolute Gasteiger partial charge is 0.493 e. The third-order valence-corrected chi connectivity index (χ3v) is 2.09. The second-order valence-electron chi connectivity index (χ2n) is 3.04. The summed E-state index contributed by atoms with van der Waals surface area (Å²) < 4.78 is 41.9. The van der Waals surface area contributed by atoms with Crippen LogP contribution < -0.4 is 61.6 Å². The molecule has 2 rings (SSSR count). The monoisotopic (exact) mass is 226 g/mol. The zero-order chi connectivity index (χ0) is 9.47. The minimum Gasteiger partial charge on any atom is -0.493 e. The van der Waals surface area contributed by atoms with Gasteiger partial charge in [-0.05, 0) is 11.6 Å². The summed E-state index contributed by atoms with van der Waals surface area (Å²) in [6.45, 7) is -4.38. The molecule has 14 heavy (non-hydrogen) atoms. The van der Waals surface area contributed by atoms with Crippen molar-refractivity contribution in [2.75, 3.05) is 6.61 Å². The molecule has 1 aliphatic rings. The van der Waals surface area contributed by atoms with Gasteiger partial charge >= 0.3 is 58.4 Å².